The van der Waals surface area contributed by atoms with Gasteiger partial charge in [0.15, 0.2) is 10.7 Å². The van der Waals surface area contributed by atoms with E-state index in [9.17, 15) is 9.59 Å². The number of fused-ring (bicyclic) bond motifs is 1. The molecule has 22 heavy (non-hydrogen) atoms. The van der Waals surface area contributed by atoms with Gasteiger partial charge in [0.05, 0.1) is 12.2 Å². The molecule has 0 saturated heterocycles. The molecule has 0 radical (unpaired) electrons. The number of Topliss-reactive ketones (excluding diaryl/α,β-unsaturated/α-hetero) is 1. The number of carbonyl (C=O) groups excluding carboxylic acids is 2. The Hall–Kier alpha value is -2.41. The second-order valence-electron chi connectivity index (χ2n) is 5.19. The molecule has 114 valence electrons. The summed E-state index contributed by atoms with van der Waals surface area (Å²) in [5.41, 5.74) is 3.23. The van der Waals surface area contributed by atoms with Crippen molar-refractivity contribution in [3.63, 3.8) is 0 Å². The number of thiazole rings is 1. The predicted octanol–water partition coefficient (Wildman–Crippen LogP) is 2.47. The molecule has 3 rings (SSSR count). The van der Waals surface area contributed by atoms with Gasteiger partial charge in [-0.15, -0.1) is 11.3 Å². The van der Waals surface area contributed by atoms with Crippen LogP contribution in [-0.2, 0) is 6.54 Å². The van der Waals surface area contributed by atoms with E-state index < -0.39 is 0 Å². The zero-order chi connectivity index (χ0) is 15.9. The van der Waals surface area contributed by atoms with Crippen molar-refractivity contribution in [1.82, 2.24) is 19.7 Å². The summed E-state index contributed by atoms with van der Waals surface area (Å²) >= 11 is 1.55. The standard InChI is InChI=1S/C15H16N4O2S/c1-8-12(10(3)20)9(2)17-13(8)14(21)16-6-11-7-19-4-5-22-15(19)18-11/h4-5,7,17H,6H2,1-3H3,(H,16,21). The molecule has 0 saturated carbocycles. The third-order valence-corrected chi connectivity index (χ3v) is 4.36. The van der Waals surface area contributed by atoms with Crippen LogP contribution in [0, 0.1) is 13.8 Å². The maximum absolute atomic E-state index is 12.3. The number of nitrogens with one attached hydrogen (secondary N) is 2. The zero-order valence-corrected chi connectivity index (χ0v) is 13.4. The van der Waals surface area contributed by atoms with Gasteiger partial charge >= 0.3 is 0 Å². The molecule has 3 aromatic rings. The topological polar surface area (TPSA) is 79.3 Å². The molecule has 0 unspecified atom stereocenters. The molecule has 0 aliphatic rings. The summed E-state index contributed by atoms with van der Waals surface area (Å²) in [7, 11) is 0. The van der Waals surface area contributed by atoms with Crippen LogP contribution in [0.15, 0.2) is 17.8 Å². The number of carbonyl (C=O) groups is 2. The molecule has 7 heteroatoms. The summed E-state index contributed by atoms with van der Waals surface area (Å²) in [6, 6.07) is 0. The molecule has 0 aromatic carbocycles. The van der Waals surface area contributed by atoms with E-state index >= 15 is 0 Å². The van der Waals surface area contributed by atoms with Gasteiger partial charge in [-0.25, -0.2) is 4.98 Å². The third kappa shape index (κ3) is 2.43. The minimum absolute atomic E-state index is 0.0420. The van der Waals surface area contributed by atoms with Gasteiger partial charge in [0.2, 0.25) is 0 Å². The fraction of sp³-hybridized carbons (Fsp3) is 0.267. The highest BCUT2D eigenvalue weighted by atomic mass is 32.1. The van der Waals surface area contributed by atoms with E-state index in [2.05, 4.69) is 15.3 Å². The highest BCUT2D eigenvalue weighted by Crippen LogP contribution is 2.18. The van der Waals surface area contributed by atoms with Gasteiger partial charge < -0.3 is 10.3 Å². The number of imidazole rings is 1. The van der Waals surface area contributed by atoms with E-state index in [1.807, 2.05) is 22.2 Å². The average Bonchev–Trinajstić information content (AvgIpc) is 3.09. The maximum atomic E-state index is 12.3. The van der Waals surface area contributed by atoms with Gasteiger partial charge in [-0.2, -0.15) is 0 Å². The Bertz CT molecular complexity index is 843. The van der Waals surface area contributed by atoms with Gasteiger partial charge in [0.25, 0.3) is 5.91 Å². The Balaban J connectivity index is 1.76. The minimum Gasteiger partial charge on any atom is -0.354 e. The average molecular weight is 316 g/mol. The van der Waals surface area contributed by atoms with Gasteiger partial charge in [-0.3, -0.25) is 14.0 Å². The van der Waals surface area contributed by atoms with Crippen molar-refractivity contribution in [1.29, 1.82) is 0 Å². The molecular weight excluding hydrogens is 300 g/mol. The number of aryl methyl sites for hydroxylation is 1. The summed E-state index contributed by atoms with van der Waals surface area (Å²) in [6.07, 6.45) is 3.82. The van der Waals surface area contributed by atoms with Crippen LogP contribution >= 0.6 is 11.3 Å². The van der Waals surface area contributed by atoms with E-state index in [1.54, 1.807) is 25.2 Å². The normalized spacial score (nSPS) is 11.0. The van der Waals surface area contributed by atoms with Crippen molar-refractivity contribution in [2.75, 3.05) is 0 Å². The van der Waals surface area contributed by atoms with Crippen molar-refractivity contribution in [3.8, 4) is 0 Å². The fourth-order valence-corrected chi connectivity index (χ4v) is 3.34. The lowest BCUT2D eigenvalue weighted by Gasteiger charge is -2.03. The lowest BCUT2D eigenvalue weighted by molar-refractivity contribution is 0.0945. The third-order valence-electron chi connectivity index (χ3n) is 3.59. The quantitative estimate of drug-likeness (QED) is 0.726. The first-order valence-corrected chi connectivity index (χ1v) is 7.74. The highest BCUT2D eigenvalue weighted by Gasteiger charge is 2.19. The summed E-state index contributed by atoms with van der Waals surface area (Å²) in [4.78, 5) is 32.2. The summed E-state index contributed by atoms with van der Waals surface area (Å²) in [6.45, 7) is 5.43. The number of hydrogen-bond donors (Lipinski definition) is 2. The summed E-state index contributed by atoms with van der Waals surface area (Å²) in [5, 5.41) is 4.79. The first-order valence-electron chi connectivity index (χ1n) is 6.86. The largest absolute Gasteiger partial charge is 0.354 e. The SMILES string of the molecule is CC(=O)c1c(C)[nH]c(C(=O)NCc2cn3ccsc3n2)c1C. The van der Waals surface area contributed by atoms with E-state index in [-0.39, 0.29) is 11.7 Å². The fourth-order valence-electron chi connectivity index (χ4n) is 2.63. The number of H-pyrrole nitrogens is 1. The van der Waals surface area contributed by atoms with E-state index in [0.717, 1.165) is 16.3 Å². The van der Waals surface area contributed by atoms with Gasteiger partial charge in [0.1, 0.15) is 5.69 Å². The van der Waals surface area contributed by atoms with Gasteiger partial charge in [-0.1, -0.05) is 0 Å². The van der Waals surface area contributed by atoms with Crippen LogP contribution in [-0.4, -0.2) is 26.1 Å². The molecule has 0 fully saturated rings. The summed E-state index contributed by atoms with van der Waals surface area (Å²) in [5.74, 6) is -0.274. The Labute approximate surface area is 131 Å². The summed E-state index contributed by atoms with van der Waals surface area (Å²) < 4.78 is 1.92. The molecule has 3 heterocycles. The van der Waals surface area contributed by atoms with Crippen molar-refractivity contribution >= 4 is 28.0 Å². The van der Waals surface area contributed by atoms with Crippen LogP contribution < -0.4 is 5.32 Å². The Morgan fingerprint density at radius 2 is 2.18 bits per heavy atom. The molecule has 0 aliphatic heterocycles. The molecule has 1 amide bonds. The molecule has 0 spiro atoms. The molecule has 2 N–H and O–H groups in total. The minimum atomic E-state index is -0.232. The number of ketones is 1. The van der Waals surface area contributed by atoms with E-state index in [1.165, 1.54) is 6.92 Å². The van der Waals surface area contributed by atoms with Gasteiger partial charge in [-0.05, 0) is 26.3 Å². The molecular formula is C15H16N4O2S. The lowest BCUT2D eigenvalue weighted by Crippen LogP contribution is -2.24. The number of aromatic nitrogens is 3. The number of hydrogen-bond acceptors (Lipinski definition) is 4. The second kappa shape index (κ2) is 5.42. The second-order valence-corrected chi connectivity index (χ2v) is 6.06. The Kier molecular flexibility index (Phi) is 3.58. The number of rotatable bonds is 4. The number of nitrogens with zero attached hydrogens (tertiary/aromatic N) is 2. The molecule has 0 aliphatic carbocycles. The highest BCUT2D eigenvalue weighted by molar-refractivity contribution is 7.15. The smallest absolute Gasteiger partial charge is 0.268 e. The van der Waals surface area contributed by atoms with Crippen LogP contribution in [0.25, 0.3) is 4.96 Å². The maximum Gasteiger partial charge on any atom is 0.268 e. The lowest BCUT2D eigenvalue weighted by atomic mass is 10.1. The Morgan fingerprint density at radius 3 is 2.82 bits per heavy atom. The van der Waals surface area contributed by atoms with Crippen LogP contribution in [0.5, 0.6) is 0 Å². The number of aromatic amines is 1. The zero-order valence-electron chi connectivity index (χ0n) is 12.6. The van der Waals surface area contributed by atoms with Gasteiger partial charge in [0, 0.05) is 29.0 Å². The van der Waals surface area contributed by atoms with Crippen molar-refractivity contribution in [2.24, 2.45) is 0 Å². The molecule has 6 nitrogen and oxygen atoms in total. The molecule has 0 atom stereocenters. The van der Waals surface area contributed by atoms with Crippen molar-refractivity contribution in [3.05, 3.63) is 46.0 Å². The number of amides is 1. The first-order chi connectivity index (χ1) is 10.5. The van der Waals surface area contributed by atoms with E-state index in [0.29, 0.717) is 23.4 Å². The van der Waals surface area contributed by atoms with Crippen molar-refractivity contribution in [2.45, 2.75) is 27.3 Å². The predicted molar refractivity (Wildman–Crippen MR) is 84.5 cm³/mol. The molecule has 0 bridgehead atoms. The van der Waals surface area contributed by atoms with Crippen molar-refractivity contribution < 1.29 is 9.59 Å². The monoisotopic (exact) mass is 316 g/mol. The first kappa shape index (κ1) is 14.5. The van der Waals surface area contributed by atoms with Crippen LogP contribution in [0.4, 0.5) is 0 Å². The van der Waals surface area contributed by atoms with E-state index in [4.69, 9.17) is 0 Å². The van der Waals surface area contributed by atoms with Crippen LogP contribution in [0.2, 0.25) is 0 Å². The Morgan fingerprint density at radius 1 is 1.41 bits per heavy atom. The van der Waals surface area contributed by atoms with Crippen LogP contribution in [0.3, 0.4) is 0 Å². The molecule has 3 aromatic heterocycles. The van der Waals surface area contributed by atoms with Crippen LogP contribution in [0.1, 0.15) is 44.7 Å².